The lowest BCUT2D eigenvalue weighted by Gasteiger charge is -2.12. The van der Waals surface area contributed by atoms with Gasteiger partial charge in [-0.1, -0.05) is 29.8 Å². The number of anilines is 1. The molecule has 0 aliphatic rings. The normalized spacial score (nSPS) is 11.3. The van der Waals surface area contributed by atoms with Gasteiger partial charge in [0.25, 0.3) is 15.9 Å². The minimum Gasteiger partial charge on any atom is -0.504 e. The van der Waals surface area contributed by atoms with E-state index in [9.17, 15) is 18.3 Å². The van der Waals surface area contributed by atoms with Gasteiger partial charge in [0.05, 0.1) is 29.5 Å². The first-order chi connectivity index (χ1) is 14.8. The number of benzene rings is 3. The molecule has 0 aromatic heterocycles. The van der Waals surface area contributed by atoms with E-state index in [-0.39, 0.29) is 27.6 Å². The predicted octanol–water partition coefficient (Wildman–Crippen LogP) is 3.62. The molecule has 0 unspecified atom stereocenters. The summed E-state index contributed by atoms with van der Waals surface area (Å²) in [5, 5.41) is 14.3. The second-order valence-electron chi connectivity index (χ2n) is 6.20. The molecule has 0 spiro atoms. The van der Waals surface area contributed by atoms with Crippen LogP contribution in [0.4, 0.5) is 5.69 Å². The Morgan fingerprint density at radius 1 is 1.06 bits per heavy atom. The van der Waals surface area contributed by atoms with Crippen molar-refractivity contribution in [2.24, 2.45) is 5.10 Å². The van der Waals surface area contributed by atoms with Crippen molar-refractivity contribution >= 4 is 39.4 Å². The highest BCUT2D eigenvalue weighted by Gasteiger charge is 2.18. The molecule has 0 saturated carbocycles. The third-order valence-electron chi connectivity index (χ3n) is 4.16. The summed E-state index contributed by atoms with van der Waals surface area (Å²) in [6, 6.07) is 16.5. The van der Waals surface area contributed by atoms with Crippen LogP contribution in [-0.2, 0) is 10.0 Å². The fourth-order valence-corrected chi connectivity index (χ4v) is 3.82. The van der Waals surface area contributed by atoms with E-state index in [1.807, 2.05) is 0 Å². The van der Waals surface area contributed by atoms with Crippen molar-refractivity contribution in [3.05, 3.63) is 82.9 Å². The fraction of sp³-hybridized carbons (Fsp3) is 0.0476. The van der Waals surface area contributed by atoms with Crippen molar-refractivity contribution in [3.63, 3.8) is 0 Å². The summed E-state index contributed by atoms with van der Waals surface area (Å²) in [5.74, 6) is -0.510. The summed E-state index contributed by atoms with van der Waals surface area (Å²) in [5.41, 5.74) is 2.78. The highest BCUT2D eigenvalue weighted by atomic mass is 35.5. The van der Waals surface area contributed by atoms with E-state index in [0.717, 1.165) is 0 Å². The van der Waals surface area contributed by atoms with Crippen LogP contribution in [0.2, 0.25) is 5.02 Å². The van der Waals surface area contributed by atoms with Crippen molar-refractivity contribution in [3.8, 4) is 11.5 Å². The summed E-state index contributed by atoms with van der Waals surface area (Å²) in [6.45, 7) is 0. The highest BCUT2D eigenvalue weighted by molar-refractivity contribution is 7.92. The topological polar surface area (TPSA) is 117 Å². The molecule has 3 aromatic carbocycles. The number of hydrazone groups is 1. The third kappa shape index (κ3) is 5.33. The lowest BCUT2D eigenvalue weighted by molar-refractivity contribution is 0.0956. The summed E-state index contributed by atoms with van der Waals surface area (Å²) < 4.78 is 32.7. The molecule has 0 atom stereocenters. The molecule has 3 N–H and O–H groups in total. The number of rotatable bonds is 7. The number of carbonyl (C=O) groups excluding carboxylic acids is 1. The second kappa shape index (κ2) is 9.50. The van der Waals surface area contributed by atoms with Gasteiger partial charge in [0, 0.05) is 10.6 Å². The van der Waals surface area contributed by atoms with Gasteiger partial charge in [0.2, 0.25) is 0 Å². The number of halogens is 1. The number of aromatic hydroxyl groups is 1. The molecule has 3 aromatic rings. The van der Waals surface area contributed by atoms with Crippen LogP contribution < -0.4 is 14.9 Å². The summed E-state index contributed by atoms with van der Waals surface area (Å²) in [7, 11) is -2.52. The minimum absolute atomic E-state index is 0.00127. The quantitative estimate of drug-likeness (QED) is 0.368. The minimum atomic E-state index is -3.94. The number of ether oxygens (including phenoxy) is 1. The molecule has 0 heterocycles. The van der Waals surface area contributed by atoms with Crippen LogP contribution in [0.1, 0.15) is 15.9 Å². The molecule has 1 amide bonds. The maximum Gasteiger partial charge on any atom is 0.273 e. The van der Waals surface area contributed by atoms with Crippen LogP contribution >= 0.6 is 11.6 Å². The predicted molar refractivity (Wildman–Crippen MR) is 118 cm³/mol. The van der Waals surface area contributed by atoms with Crippen LogP contribution in [-0.4, -0.2) is 32.8 Å². The van der Waals surface area contributed by atoms with Crippen LogP contribution in [0.15, 0.2) is 76.7 Å². The number of hydrogen-bond donors (Lipinski definition) is 3. The lowest BCUT2D eigenvalue weighted by Crippen LogP contribution is -2.21. The van der Waals surface area contributed by atoms with Gasteiger partial charge in [-0.2, -0.15) is 5.10 Å². The van der Waals surface area contributed by atoms with E-state index in [0.29, 0.717) is 10.6 Å². The molecule has 0 bridgehead atoms. The van der Waals surface area contributed by atoms with E-state index in [2.05, 4.69) is 15.2 Å². The smallest absolute Gasteiger partial charge is 0.273 e. The molecule has 0 radical (unpaired) electrons. The first kappa shape index (κ1) is 22.1. The van der Waals surface area contributed by atoms with Crippen LogP contribution in [0.3, 0.4) is 0 Å². The molecule has 0 fully saturated rings. The van der Waals surface area contributed by atoms with Gasteiger partial charge in [-0.3, -0.25) is 9.52 Å². The Balaban J connectivity index is 1.78. The summed E-state index contributed by atoms with van der Waals surface area (Å²) in [6.07, 6.45) is 1.25. The summed E-state index contributed by atoms with van der Waals surface area (Å²) in [4.78, 5) is 12.6. The Kier molecular flexibility index (Phi) is 6.78. The molecule has 0 aliphatic heterocycles. The maximum absolute atomic E-state index is 12.6. The molecule has 8 nitrogen and oxygen atoms in total. The largest absolute Gasteiger partial charge is 0.504 e. The zero-order valence-electron chi connectivity index (χ0n) is 16.2. The van der Waals surface area contributed by atoms with Gasteiger partial charge in [-0.25, -0.2) is 13.8 Å². The average Bonchev–Trinajstić information content (AvgIpc) is 2.75. The standard InChI is InChI=1S/C21H18ClN3O5S/c1-30-19-8-4-5-14(20(19)26)13-23-24-21(27)17-6-2-3-7-18(17)25-31(28,29)16-11-9-15(22)10-12-16/h2-13,25-26H,1H3,(H,24,27)/b23-13-. The first-order valence-electron chi connectivity index (χ1n) is 8.88. The van der Waals surface area contributed by atoms with Crippen molar-refractivity contribution in [2.45, 2.75) is 4.90 Å². The van der Waals surface area contributed by atoms with Crippen LogP contribution in [0.25, 0.3) is 0 Å². The number of sulfonamides is 1. The number of phenolic OH excluding ortho intramolecular Hbond substituents is 1. The van der Waals surface area contributed by atoms with Gasteiger partial charge in [-0.15, -0.1) is 0 Å². The van der Waals surface area contributed by atoms with E-state index in [1.54, 1.807) is 30.3 Å². The zero-order chi connectivity index (χ0) is 22.4. The number of nitrogens with zero attached hydrogens (tertiary/aromatic N) is 1. The Bertz CT molecular complexity index is 1230. The lowest BCUT2D eigenvalue weighted by atomic mass is 10.2. The van der Waals surface area contributed by atoms with E-state index >= 15 is 0 Å². The van der Waals surface area contributed by atoms with Gasteiger partial charge >= 0.3 is 0 Å². The Morgan fingerprint density at radius 2 is 1.77 bits per heavy atom. The Labute approximate surface area is 184 Å². The Hall–Kier alpha value is -3.56. The van der Waals surface area contributed by atoms with E-state index in [4.69, 9.17) is 16.3 Å². The molecule has 0 saturated heterocycles. The Morgan fingerprint density at radius 3 is 2.48 bits per heavy atom. The number of carbonyl (C=O) groups is 1. The van der Waals surface area contributed by atoms with Gasteiger partial charge in [0.15, 0.2) is 11.5 Å². The molecule has 31 heavy (non-hydrogen) atoms. The number of methoxy groups -OCH3 is 1. The second-order valence-corrected chi connectivity index (χ2v) is 8.32. The van der Waals surface area contributed by atoms with Crippen molar-refractivity contribution in [2.75, 3.05) is 11.8 Å². The number of amides is 1. The number of nitrogens with one attached hydrogen (secondary N) is 2. The molecular formula is C21H18ClN3O5S. The molecule has 3 rings (SSSR count). The van der Waals surface area contributed by atoms with Crippen molar-refractivity contribution in [1.82, 2.24) is 5.43 Å². The first-order valence-corrected chi connectivity index (χ1v) is 10.7. The van der Waals surface area contributed by atoms with Crippen molar-refractivity contribution < 1.29 is 23.1 Å². The third-order valence-corrected chi connectivity index (χ3v) is 5.79. The number of hydrogen-bond acceptors (Lipinski definition) is 6. The zero-order valence-corrected chi connectivity index (χ0v) is 17.8. The van der Waals surface area contributed by atoms with Gasteiger partial charge in [-0.05, 0) is 48.5 Å². The van der Waals surface area contributed by atoms with E-state index < -0.39 is 15.9 Å². The molecule has 0 aliphatic carbocycles. The number of para-hydroxylation sites is 2. The maximum atomic E-state index is 12.6. The van der Waals surface area contributed by atoms with Gasteiger partial charge < -0.3 is 9.84 Å². The molecular weight excluding hydrogens is 442 g/mol. The average molecular weight is 460 g/mol. The summed E-state index contributed by atoms with van der Waals surface area (Å²) >= 11 is 5.80. The highest BCUT2D eigenvalue weighted by Crippen LogP contribution is 2.28. The van der Waals surface area contributed by atoms with Crippen molar-refractivity contribution in [1.29, 1.82) is 0 Å². The van der Waals surface area contributed by atoms with Gasteiger partial charge in [0.1, 0.15) is 0 Å². The van der Waals surface area contributed by atoms with Crippen LogP contribution in [0.5, 0.6) is 11.5 Å². The SMILES string of the molecule is COc1cccc(/C=N\NC(=O)c2ccccc2NS(=O)(=O)c2ccc(Cl)cc2)c1O. The fourth-order valence-electron chi connectivity index (χ4n) is 2.62. The van der Waals surface area contributed by atoms with Crippen LogP contribution in [0, 0.1) is 0 Å². The number of phenols is 1. The monoisotopic (exact) mass is 459 g/mol. The molecule has 10 heteroatoms. The van der Waals surface area contributed by atoms with E-state index in [1.165, 1.54) is 49.7 Å². The molecule has 160 valence electrons.